The monoisotopic (exact) mass is 280 g/mol. The molecule has 0 aliphatic carbocycles. The van der Waals surface area contributed by atoms with Gasteiger partial charge in [-0.3, -0.25) is 0 Å². The Morgan fingerprint density at radius 1 is 1.11 bits per heavy atom. The molecule has 0 amide bonds. The molecule has 0 aliphatic rings. The van der Waals surface area contributed by atoms with Gasteiger partial charge in [-0.1, -0.05) is 0 Å². The largest absolute Gasteiger partial charge is 0.381 e. The second-order valence-electron chi connectivity index (χ2n) is 4.00. The molecule has 0 saturated heterocycles. The highest BCUT2D eigenvalue weighted by Crippen LogP contribution is 2.19. The van der Waals surface area contributed by atoms with Gasteiger partial charge in [0.2, 0.25) is 0 Å². The van der Waals surface area contributed by atoms with Crippen LogP contribution in [0.3, 0.4) is 0 Å². The lowest BCUT2D eigenvalue weighted by Gasteiger charge is -2.19. The molecule has 2 N–H and O–H groups in total. The standard InChI is InChI=1S/C11H15F3O3Si/c12-7-5-9(13)8(10(14)6-7)3-1-2-4-11(15,16)17-18/h5-6,15-16H,1-4H2,18H3. The predicted octanol–water partition coefficient (Wildman–Crippen LogP) is 0.752. The van der Waals surface area contributed by atoms with Crippen molar-refractivity contribution in [3.8, 4) is 0 Å². The van der Waals surface area contributed by atoms with Crippen molar-refractivity contribution in [1.29, 1.82) is 0 Å². The molecule has 3 nitrogen and oxygen atoms in total. The van der Waals surface area contributed by atoms with Gasteiger partial charge in [0, 0.05) is 24.1 Å². The lowest BCUT2D eigenvalue weighted by Crippen LogP contribution is -2.30. The molecule has 0 atom stereocenters. The van der Waals surface area contributed by atoms with Gasteiger partial charge in [-0.05, 0) is 19.3 Å². The maximum Gasteiger partial charge on any atom is 0.267 e. The second kappa shape index (κ2) is 6.33. The van der Waals surface area contributed by atoms with E-state index in [9.17, 15) is 13.2 Å². The summed E-state index contributed by atoms with van der Waals surface area (Å²) < 4.78 is 43.6. The Hall–Kier alpha value is -0.893. The molecule has 0 fully saturated rings. The fourth-order valence-corrected chi connectivity index (χ4v) is 1.77. The van der Waals surface area contributed by atoms with E-state index in [1.807, 2.05) is 0 Å². The first-order valence-corrected chi connectivity index (χ1v) is 6.30. The fraction of sp³-hybridized carbons (Fsp3) is 0.455. The lowest BCUT2D eigenvalue weighted by molar-refractivity contribution is -0.295. The fourth-order valence-electron chi connectivity index (χ4n) is 1.57. The SMILES string of the molecule is OC(O)(CCCCc1c(F)cc(F)cc1F)O[SiH3]. The van der Waals surface area contributed by atoms with Gasteiger partial charge in [0.1, 0.15) is 17.5 Å². The third-order valence-electron chi connectivity index (χ3n) is 2.61. The third-order valence-corrected chi connectivity index (χ3v) is 3.27. The summed E-state index contributed by atoms with van der Waals surface area (Å²) in [6.45, 7) is 0. The van der Waals surface area contributed by atoms with E-state index < -0.39 is 23.4 Å². The smallest absolute Gasteiger partial charge is 0.267 e. The molecule has 18 heavy (non-hydrogen) atoms. The Balaban J connectivity index is 2.50. The minimum Gasteiger partial charge on any atom is -0.381 e. The van der Waals surface area contributed by atoms with Crippen LogP contribution in [0.25, 0.3) is 0 Å². The first-order chi connectivity index (χ1) is 8.35. The molecule has 0 aromatic heterocycles. The Morgan fingerprint density at radius 3 is 2.17 bits per heavy atom. The van der Waals surface area contributed by atoms with Crippen LogP contribution in [0.1, 0.15) is 24.8 Å². The van der Waals surface area contributed by atoms with Crippen molar-refractivity contribution in [2.24, 2.45) is 0 Å². The van der Waals surface area contributed by atoms with Gasteiger partial charge in [0.25, 0.3) is 5.97 Å². The Labute approximate surface area is 106 Å². The molecule has 1 rings (SSSR count). The van der Waals surface area contributed by atoms with E-state index in [4.69, 9.17) is 10.2 Å². The topological polar surface area (TPSA) is 49.7 Å². The van der Waals surface area contributed by atoms with Crippen LogP contribution in [-0.4, -0.2) is 26.7 Å². The first kappa shape index (κ1) is 15.2. The highest BCUT2D eigenvalue weighted by atomic mass is 28.2. The van der Waals surface area contributed by atoms with Crippen LogP contribution in [0, 0.1) is 17.5 Å². The summed E-state index contributed by atoms with van der Waals surface area (Å²) in [6, 6.07) is 1.25. The molecule has 7 heteroatoms. The number of aliphatic hydroxyl groups is 2. The Kier molecular flexibility index (Phi) is 5.33. The molecule has 0 aliphatic heterocycles. The quantitative estimate of drug-likeness (QED) is 0.459. The van der Waals surface area contributed by atoms with Gasteiger partial charge in [-0.15, -0.1) is 0 Å². The van der Waals surface area contributed by atoms with E-state index in [1.54, 1.807) is 0 Å². The van der Waals surface area contributed by atoms with E-state index in [2.05, 4.69) is 4.43 Å². The van der Waals surface area contributed by atoms with Crippen LogP contribution < -0.4 is 0 Å². The second-order valence-corrected chi connectivity index (χ2v) is 4.41. The number of halogens is 3. The maximum absolute atomic E-state index is 13.2. The van der Waals surface area contributed by atoms with E-state index in [-0.39, 0.29) is 28.9 Å². The Morgan fingerprint density at radius 2 is 1.67 bits per heavy atom. The first-order valence-electron chi connectivity index (χ1n) is 5.49. The molecule has 102 valence electrons. The van der Waals surface area contributed by atoms with Crippen LogP contribution in [0.5, 0.6) is 0 Å². The lowest BCUT2D eigenvalue weighted by atomic mass is 10.1. The number of hydrogen-bond donors (Lipinski definition) is 2. The van der Waals surface area contributed by atoms with Crippen molar-refractivity contribution in [2.75, 3.05) is 0 Å². The van der Waals surface area contributed by atoms with Crippen LogP contribution in [0.15, 0.2) is 12.1 Å². The van der Waals surface area contributed by atoms with Gasteiger partial charge in [0.15, 0.2) is 10.5 Å². The third kappa shape index (κ3) is 4.41. The van der Waals surface area contributed by atoms with Gasteiger partial charge < -0.3 is 14.6 Å². The zero-order chi connectivity index (χ0) is 13.8. The molecule has 0 unspecified atom stereocenters. The summed E-state index contributed by atoms with van der Waals surface area (Å²) in [4.78, 5) is 0. The summed E-state index contributed by atoms with van der Waals surface area (Å²) in [5, 5.41) is 18.3. The summed E-state index contributed by atoms with van der Waals surface area (Å²) in [7, 11) is 0.176. The molecular weight excluding hydrogens is 265 g/mol. The number of benzene rings is 1. The van der Waals surface area contributed by atoms with E-state index in [0.717, 1.165) is 0 Å². The summed E-state index contributed by atoms with van der Waals surface area (Å²) >= 11 is 0. The highest BCUT2D eigenvalue weighted by Gasteiger charge is 2.20. The van der Waals surface area contributed by atoms with Crippen molar-refractivity contribution in [1.82, 2.24) is 0 Å². The average molecular weight is 280 g/mol. The summed E-state index contributed by atoms with van der Waals surface area (Å²) in [5.41, 5.74) is -0.190. The Bertz CT molecular complexity index is 390. The van der Waals surface area contributed by atoms with Crippen molar-refractivity contribution in [2.45, 2.75) is 31.7 Å². The highest BCUT2D eigenvalue weighted by molar-refractivity contribution is 5.98. The minimum atomic E-state index is -2.16. The molecule has 0 bridgehead atoms. The van der Waals surface area contributed by atoms with Crippen molar-refractivity contribution >= 4 is 10.5 Å². The molecule has 0 spiro atoms. The number of hydrogen-bond acceptors (Lipinski definition) is 3. The van der Waals surface area contributed by atoms with Crippen molar-refractivity contribution in [3.05, 3.63) is 35.1 Å². The van der Waals surface area contributed by atoms with Crippen LogP contribution >= 0.6 is 0 Å². The molecular formula is C11H15F3O3Si. The van der Waals surface area contributed by atoms with E-state index in [1.165, 1.54) is 0 Å². The van der Waals surface area contributed by atoms with Crippen LogP contribution in [-0.2, 0) is 10.8 Å². The van der Waals surface area contributed by atoms with Crippen molar-refractivity contribution < 1.29 is 27.8 Å². The van der Waals surface area contributed by atoms with Crippen LogP contribution in [0.4, 0.5) is 13.2 Å². The zero-order valence-electron chi connectivity index (χ0n) is 9.92. The molecule has 0 heterocycles. The van der Waals surface area contributed by atoms with Crippen LogP contribution in [0.2, 0.25) is 0 Å². The van der Waals surface area contributed by atoms with Gasteiger partial charge in [-0.25, -0.2) is 13.2 Å². The normalized spacial score (nSPS) is 12.1. The molecule has 0 saturated carbocycles. The summed E-state index contributed by atoms with van der Waals surface area (Å²) in [5.74, 6) is -4.97. The van der Waals surface area contributed by atoms with Gasteiger partial charge in [0.05, 0.1) is 0 Å². The number of rotatable bonds is 6. The summed E-state index contributed by atoms with van der Waals surface area (Å²) in [6.07, 6.45) is 0.689. The van der Waals surface area contributed by atoms with Gasteiger partial charge in [-0.2, -0.15) is 0 Å². The molecule has 1 aromatic carbocycles. The zero-order valence-corrected chi connectivity index (χ0v) is 11.9. The molecule has 1 aromatic rings. The van der Waals surface area contributed by atoms with Crippen molar-refractivity contribution in [3.63, 3.8) is 0 Å². The van der Waals surface area contributed by atoms with E-state index >= 15 is 0 Å². The predicted molar refractivity (Wildman–Crippen MR) is 62.1 cm³/mol. The van der Waals surface area contributed by atoms with E-state index in [0.29, 0.717) is 25.0 Å². The minimum absolute atomic E-state index is 0.0407. The molecule has 0 radical (unpaired) electrons. The number of unbranched alkanes of at least 4 members (excludes halogenated alkanes) is 1. The van der Waals surface area contributed by atoms with Gasteiger partial charge >= 0.3 is 0 Å². The average Bonchev–Trinajstić information content (AvgIpc) is 2.26. The maximum atomic E-state index is 13.2.